The van der Waals surface area contributed by atoms with Crippen LogP contribution < -0.4 is 0 Å². The highest BCUT2D eigenvalue weighted by Gasteiger charge is 2.51. The quantitative estimate of drug-likeness (QED) is 0.840. The second kappa shape index (κ2) is 6.42. The molecular formula is C17H19Cl2NO3. The van der Waals surface area contributed by atoms with Gasteiger partial charge in [0.15, 0.2) is 0 Å². The molecule has 0 bridgehead atoms. The van der Waals surface area contributed by atoms with Crippen LogP contribution in [0.3, 0.4) is 0 Å². The van der Waals surface area contributed by atoms with Crippen LogP contribution in [0.4, 0.5) is 0 Å². The number of hydrogen-bond donors (Lipinski definition) is 1. The third-order valence-electron chi connectivity index (χ3n) is 4.97. The Morgan fingerprint density at radius 1 is 1.17 bits per heavy atom. The molecule has 3 rings (SSSR count). The molecule has 1 aliphatic carbocycles. The number of benzene rings is 1. The minimum atomic E-state index is -1.03. The number of aliphatic hydroxyl groups excluding tert-OH is 1. The molecular weight excluding hydrogens is 337 g/mol. The summed E-state index contributed by atoms with van der Waals surface area (Å²) in [7, 11) is 0. The third-order valence-corrected chi connectivity index (χ3v) is 5.55. The molecule has 0 radical (unpaired) electrons. The Morgan fingerprint density at radius 2 is 1.87 bits per heavy atom. The summed E-state index contributed by atoms with van der Waals surface area (Å²) in [4.78, 5) is 26.3. The van der Waals surface area contributed by atoms with Crippen LogP contribution in [0.1, 0.15) is 50.2 Å². The lowest BCUT2D eigenvalue weighted by molar-refractivity contribution is -0.143. The summed E-state index contributed by atoms with van der Waals surface area (Å²) >= 11 is 12.0. The fraction of sp³-hybridized carbons (Fsp3) is 0.529. The molecule has 0 aromatic heterocycles. The summed E-state index contributed by atoms with van der Waals surface area (Å²) in [6.45, 7) is -0.0700. The van der Waals surface area contributed by atoms with Crippen molar-refractivity contribution in [1.82, 2.24) is 4.90 Å². The van der Waals surface area contributed by atoms with Crippen LogP contribution in [-0.4, -0.2) is 28.4 Å². The first-order chi connectivity index (χ1) is 10.9. The van der Waals surface area contributed by atoms with Gasteiger partial charge in [-0.1, -0.05) is 42.5 Å². The monoisotopic (exact) mass is 355 g/mol. The molecule has 1 saturated carbocycles. The molecule has 4 nitrogen and oxygen atoms in total. The van der Waals surface area contributed by atoms with Gasteiger partial charge in [0.05, 0.1) is 18.1 Å². The molecule has 2 fully saturated rings. The van der Waals surface area contributed by atoms with Crippen molar-refractivity contribution in [2.24, 2.45) is 5.41 Å². The van der Waals surface area contributed by atoms with Crippen LogP contribution in [-0.2, 0) is 9.59 Å². The first kappa shape index (κ1) is 16.7. The maximum atomic E-state index is 12.7. The van der Waals surface area contributed by atoms with Crippen molar-refractivity contribution in [2.45, 2.75) is 44.6 Å². The molecule has 1 heterocycles. The molecule has 2 aliphatic rings. The van der Waals surface area contributed by atoms with E-state index in [1.807, 2.05) is 0 Å². The Kier molecular flexibility index (Phi) is 4.68. The van der Waals surface area contributed by atoms with Gasteiger partial charge in [0.2, 0.25) is 11.8 Å². The SMILES string of the molecule is O=C1CC2(CCCCC2)C(=O)N1CC(O)c1cc(Cl)ccc1Cl. The lowest BCUT2D eigenvalue weighted by atomic mass is 9.73. The van der Waals surface area contributed by atoms with Gasteiger partial charge in [0, 0.05) is 22.0 Å². The summed E-state index contributed by atoms with van der Waals surface area (Å²) in [6.07, 6.45) is 3.84. The van der Waals surface area contributed by atoms with Crippen molar-refractivity contribution in [3.8, 4) is 0 Å². The first-order valence-corrected chi connectivity index (χ1v) is 8.66. The van der Waals surface area contributed by atoms with Crippen molar-refractivity contribution in [1.29, 1.82) is 0 Å². The molecule has 1 unspecified atom stereocenters. The number of aliphatic hydroxyl groups is 1. The highest BCUT2D eigenvalue weighted by Crippen LogP contribution is 2.45. The molecule has 1 saturated heterocycles. The normalized spacial score (nSPS) is 22.0. The van der Waals surface area contributed by atoms with Crippen molar-refractivity contribution in [3.63, 3.8) is 0 Å². The van der Waals surface area contributed by atoms with E-state index < -0.39 is 11.5 Å². The fourth-order valence-corrected chi connectivity index (χ4v) is 4.13. The number of amides is 2. The van der Waals surface area contributed by atoms with E-state index in [4.69, 9.17) is 23.2 Å². The zero-order valence-electron chi connectivity index (χ0n) is 12.7. The number of carbonyl (C=O) groups is 2. The van der Waals surface area contributed by atoms with E-state index in [1.165, 1.54) is 4.90 Å². The molecule has 1 atom stereocenters. The smallest absolute Gasteiger partial charge is 0.236 e. The van der Waals surface area contributed by atoms with E-state index in [0.29, 0.717) is 15.6 Å². The van der Waals surface area contributed by atoms with E-state index in [0.717, 1.165) is 32.1 Å². The summed E-state index contributed by atoms with van der Waals surface area (Å²) < 4.78 is 0. The van der Waals surface area contributed by atoms with Gasteiger partial charge in [0.1, 0.15) is 0 Å². The van der Waals surface area contributed by atoms with Gasteiger partial charge in [0.25, 0.3) is 0 Å². The van der Waals surface area contributed by atoms with Crippen molar-refractivity contribution >= 4 is 35.0 Å². The van der Waals surface area contributed by atoms with Crippen molar-refractivity contribution in [2.75, 3.05) is 6.54 Å². The van der Waals surface area contributed by atoms with Gasteiger partial charge < -0.3 is 5.11 Å². The third kappa shape index (κ3) is 3.12. The number of rotatable bonds is 3. The Bertz CT molecular complexity index is 641. The molecule has 2 amide bonds. The second-order valence-corrected chi connectivity index (χ2v) is 7.35. The fourth-order valence-electron chi connectivity index (χ4n) is 3.71. The summed E-state index contributed by atoms with van der Waals surface area (Å²) in [6, 6.07) is 4.79. The lowest BCUT2D eigenvalue weighted by Gasteiger charge is -2.31. The van der Waals surface area contributed by atoms with Gasteiger partial charge in [-0.3, -0.25) is 14.5 Å². The molecule has 23 heavy (non-hydrogen) atoms. The first-order valence-electron chi connectivity index (χ1n) is 7.91. The minimum absolute atomic E-state index is 0.0700. The topological polar surface area (TPSA) is 57.6 Å². The average Bonchev–Trinajstić information content (AvgIpc) is 2.74. The number of β-amino-alcohol motifs (C(OH)–C–C–N with tert-alkyl or cyclic N) is 1. The van der Waals surface area contributed by atoms with Crippen LogP contribution in [0.5, 0.6) is 0 Å². The lowest BCUT2D eigenvalue weighted by Crippen LogP contribution is -2.39. The van der Waals surface area contributed by atoms with Gasteiger partial charge in [-0.15, -0.1) is 0 Å². The minimum Gasteiger partial charge on any atom is -0.386 e. The summed E-state index contributed by atoms with van der Waals surface area (Å²) in [5.41, 5.74) is -0.0999. The largest absolute Gasteiger partial charge is 0.386 e. The number of nitrogens with zero attached hydrogens (tertiary/aromatic N) is 1. The number of carbonyl (C=O) groups excluding carboxylic acids is 2. The van der Waals surface area contributed by atoms with E-state index in [1.54, 1.807) is 18.2 Å². The molecule has 1 aliphatic heterocycles. The predicted molar refractivity (Wildman–Crippen MR) is 88.3 cm³/mol. The Labute approximate surface area is 145 Å². The van der Waals surface area contributed by atoms with Crippen LogP contribution in [0.15, 0.2) is 18.2 Å². The Balaban J connectivity index is 1.78. The molecule has 1 N–H and O–H groups in total. The number of imide groups is 1. The van der Waals surface area contributed by atoms with Crippen LogP contribution in [0.2, 0.25) is 10.0 Å². The highest BCUT2D eigenvalue weighted by atomic mass is 35.5. The number of likely N-dealkylation sites (tertiary alicyclic amines) is 1. The average molecular weight is 356 g/mol. The summed E-state index contributed by atoms with van der Waals surface area (Å²) in [5, 5.41) is 11.2. The second-order valence-electron chi connectivity index (χ2n) is 6.51. The van der Waals surface area contributed by atoms with E-state index >= 15 is 0 Å². The maximum absolute atomic E-state index is 12.7. The molecule has 6 heteroatoms. The summed E-state index contributed by atoms with van der Waals surface area (Å²) in [5.74, 6) is -0.339. The zero-order chi connectivity index (χ0) is 16.6. The Hall–Kier alpha value is -1.10. The standard InChI is InChI=1S/C17H19Cl2NO3/c18-11-4-5-13(19)12(8-11)14(21)10-20-15(22)9-17(16(20)23)6-2-1-3-7-17/h4-5,8,14,21H,1-3,6-7,9-10H2. The Morgan fingerprint density at radius 3 is 2.57 bits per heavy atom. The maximum Gasteiger partial charge on any atom is 0.236 e. The van der Waals surface area contributed by atoms with Crippen LogP contribution in [0, 0.1) is 5.41 Å². The highest BCUT2D eigenvalue weighted by molar-refractivity contribution is 6.33. The van der Waals surface area contributed by atoms with Gasteiger partial charge in [-0.25, -0.2) is 0 Å². The van der Waals surface area contributed by atoms with Gasteiger partial charge in [-0.2, -0.15) is 0 Å². The zero-order valence-corrected chi connectivity index (χ0v) is 14.2. The van der Waals surface area contributed by atoms with E-state index in [9.17, 15) is 14.7 Å². The van der Waals surface area contributed by atoms with E-state index in [2.05, 4.69) is 0 Å². The van der Waals surface area contributed by atoms with Crippen LogP contribution in [0.25, 0.3) is 0 Å². The van der Waals surface area contributed by atoms with Crippen LogP contribution >= 0.6 is 23.2 Å². The number of halogens is 2. The molecule has 1 aromatic rings. The molecule has 1 spiro atoms. The van der Waals surface area contributed by atoms with Gasteiger partial charge in [-0.05, 0) is 31.0 Å². The van der Waals surface area contributed by atoms with E-state index in [-0.39, 0.29) is 24.8 Å². The molecule has 124 valence electrons. The van der Waals surface area contributed by atoms with Crippen molar-refractivity contribution < 1.29 is 14.7 Å². The predicted octanol–water partition coefficient (Wildman–Crippen LogP) is 3.74. The van der Waals surface area contributed by atoms with Crippen molar-refractivity contribution in [3.05, 3.63) is 33.8 Å². The number of hydrogen-bond acceptors (Lipinski definition) is 3. The van der Waals surface area contributed by atoms with Gasteiger partial charge >= 0.3 is 0 Å². The molecule has 1 aromatic carbocycles.